The third-order valence-corrected chi connectivity index (χ3v) is 5.68. The molecular weight excluding hydrogens is 360 g/mol. The van der Waals surface area contributed by atoms with Crippen molar-refractivity contribution in [3.05, 3.63) is 59.0 Å². The SMILES string of the molecule is Clc1ccccc1C1CCCN1c1cc(Nc2cc(C3CC3)[nH]n2)ncn1. The van der Waals surface area contributed by atoms with Gasteiger partial charge in [-0.25, -0.2) is 9.97 Å². The maximum atomic E-state index is 6.45. The largest absolute Gasteiger partial charge is 0.349 e. The molecule has 0 radical (unpaired) electrons. The highest BCUT2D eigenvalue weighted by Crippen LogP contribution is 2.40. The lowest BCUT2D eigenvalue weighted by Gasteiger charge is -2.26. The van der Waals surface area contributed by atoms with Crippen molar-refractivity contribution in [3.63, 3.8) is 0 Å². The predicted octanol–water partition coefficient (Wildman–Crippen LogP) is 4.82. The van der Waals surface area contributed by atoms with Crippen LogP contribution in [0.1, 0.15) is 48.9 Å². The summed E-state index contributed by atoms with van der Waals surface area (Å²) in [6.45, 7) is 0.959. The van der Waals surface area contributed by atoms with Gasteiger partial charge in [0.2, 0.25) is 0 Å². The van der Waals surface area contributed by atoms with E-state index in [-0.39, 0.29) is 6.04 Å². The molecule has 1 atom stereocenters. The summed E-state index contributed by atoms with van der Waals surface area (Å²) in [7, 11) is 0. The Morgan fingerprint density at radius 2 is 1.96 bits per heavy atom. The Morgan fingerprint density at radius 3 is 2.81 bits per heavy atom. The Labute approximate surface area is 163 Å². The van der Waals surface area contributed by atoms with Crippen LogP contribution < -0.4 is 10.2 Å². The van der Waals surface area contributed by atoms with Crippen LogP contribution in [0.2, 0.25) is 5.02 Å². The van der Waals surface area contributed by atoms with E-state index in [2.05, 4.69) is 42.5 Å². The second-order valence-electron chi connectivity index (χ2n) is 7.24. The van der Waals surface area contributed by atoms with Gasteiger partial charge in [0.1, 0.15) is 18.0 Å². The number of rotatable bonds is 5. The van der Waals surface area contributed by atoms with Crippen LogP contribution in [0.4, 0.5) is 17.5 Å². The van der Waals surface area contributed by atoms with Gasteiger partial charge in [-0.2, -0.15) is 5.10 Å². The molecule has 2 N–H and O–H groups in total. The van der Waals surface area contributed by atoms with Crippen LogP contribution in [0.5, 0.6) is 0 Å². The number of nitrogens with zero attached hydrogens (tertiary/aromatic N) is 4. The van der Waals surface area contributed by atoms with E-state index in [9.17, 15) is 0 Å². The first-order chi connectivity index (χ1) is 13.3. The van der Waals surface area contributed by atoms with Gasteiger partial charge in [0.05, 0.1) is 6.04 Å². The van der Waals surface area contributed by atoms with Gasteiger partial charge in [-0.3, -0.25) is 5.10 Å². The molecular formula is C20H21ClN6. The van der Waals surface area contributed by atoms with Crippen molar-refractivity contribution in [2.45, 2.75) is 37.6 Å². The number of H-pyrrole nitrogens is 1. The lowest BCUT2D eigenvalue weighted by molar-refractivity contribution is 0.711. The molecule has 0 bridgehead atoms. The van der Waals surface area contributed by atoms with E-state index in [0.29, 0.717) is 5.92 Å². The Balaban J connectivity index is 1.38. The maximum absolute atomic E-state index is 6.45. The first-order valence-corrected chi connectivity index (χ1v) is 9.81. The minimum absolute atomic E-state index is 0.244. The van der Waals surface area contributed by atoms with Crippen molar-refractivity contribution in [1.82, 2.24) is 20.2 Å². The molecule has 27 heavy (non-hydrogen) atoms. The molecule has 1 aliphatic heterocycles. The first kappa shape index (κ1) is 16.6. The summed E-state index contributed by atoms with van der Waals surface area (Å²) in [4.78, 5) is 11.2. The molecule has 2 aliphatic rings. The van der Waals surface area contributed by atoms with Crippen LogP contribution in [0.25, 0.3) is 0 Å². The Kier molecular flexibility index (Phi) is 4.20. The molecule has 138 valence electrons. The summed E-state index contributed by atoms with van der Waals surface area (Å²) in [6, 6.07) is 12.4. The van der Waals surface area contributed by atoms with Crippen molar-refractivity contribution in [3.8, 4) is 0 Å². The third-order valence-electron chi connectivity index (χ3n) is 5.33. The molecule has 7 heteroatoms. The number of hydrogen-bond donors (Lipinski definition) is 2. The fourth-order valence-corrected chi connectivity index (χ4v) is 4.08. The van der Waals surface area contributed by atoms with Crippen LogP contribution in [0, 0.1) is 0 Å². The van der Waals surface area contributed by atoms with Crippen LogP contribution >= 0.6 is 11.6 Å². The van der Waals surface area contributed by atoms with Gasteiger partial charge in [-0.15, -0.1) is 0 Å². The highest BCUT2D eigenvalue weighted by molar-refractivity contribution is 6.31. The summed E-state index contributed by atoms with van der Waals surface area (Å²) >= 11 is 6.45. The quantitative estimate of drug-likeness (QED) is 0.664. The van der Waals surface area contributed by atoms with E-state index in [1.165, 1.54) is 18.5 Å². The van der Waals surface area contributed by atoms with E-state index in [4.69, 9.17) is 11.6 Å². The van der Waals surface area contributed by atoms with Crippen molar-refractivity contribution >= 4 is 29.1 Å². The second-order valence-corrected chi connectivity index (χ2v) is 7.65. The van der Waals surface area contributed by atoms with Crippen LogP contribution in [0.3, 0.4) is 0 Å². The molecule has 1 unspecified atom stereocenters. The van der Waals surface area contributed by atoms with Crippen LogP contribution in [-0.4, -0.2) is 26.7 Å². The highest BCUT2D eigenvalue weighted by Gasteiger charge is 2.29. The van der Waals surface area contributed by atoms with Gasteiger partial charge in [-0.05, 0) is 37.3 Å². The van der Waals surface area contributed by atoms with Gasteiger partial charge in [0.15, 0.2) is 5.82 Å². The molecule has 6 nitrogen and oxygen atoms in total. The van der Waals surface area contributed by atoms with Gasteiger partial charge in [0, 0.05) is 35.3 Å². The number of benzene rings is 1. The fourth-order valence-electron chi connectivity index (χ4n) is 3.82. The maximum Gasteiger partial charge on any atom is 0.153 e. The van der Waals surface area contributed by atoms with E-state index in [1.807, 2.05) is 24.3 Å². The molecule has 2 aromatic heterocycles. The number of halogens is 1. The molecule has 0 spiro atoms. The second kappa shape index (κ2) is 6.85. The summed E-state index contributed by atoms with van der Waals surface area (Å²) in [5, 5.41) is 11.6. The zero-order valence-electron chi connectivity index (χ0n) is 14.9. The number of aromatic amines is 1. The summed E-state index contributed by atoms with van der Waals surface area (Å²) < 4.78 is 0. The Bertz CT molecular complexity index is 951. The molecule has 3 heterocycles. The summed E-state index contributed by atoms with van der Waals surface area (Å²) in [5.74, 6) is 3.10. The van der Waals surface area contributed by atoms with E-state index < -0.39 is 0 Å². The summed E-state index contributed by atoms with van der Waals surface area (Å²) in [5.41, 5.74) is 2.36. The Morgan fingerprint density at radius 1 is 1.07 bits per heavy atom. The number of hydrogen-bond acceptors (Lipinski definition) is 5. The Hall–Kier alpha value is -2.60. The van der Waals surface area contributed by atoms with E-state index >= 15 is 0 Å². The van der Waals surface area contributed by atoms with E-state index in [1.54, 1.807) is 6.33 Å². The van der Waals surface area contributed by atoms with Crippen LogP contribution in [0.15, 0.2) is 42.7 Å². The fraction of sp³-hybridized carbons (Fsp3) is 0.350. The number of anilines is 3. The van der Waals surface area contributed by atoms with Crippen molar-refractivity contribution < 1.29 is 0 Å². The van der Waals surface area contributed by atoms with Crippen molar-refractivity contribution in [2.75, 3.05) is 16.8 Å². The van der Waals surface area contributed by atoms with Gasteiger partial charge in [-0.1, -0.05) is 29.8 Å². The zero-order valence-corrected chi connectivity index (χ0v) is 15.7. The normalized spacial score (nSPS) is 19.4. The third kappa shape index (κ3) is 3.37. The average molecular weight is 381 g/mol. The molecule has 5 rings (SSSR count). The molecule has 1 aliphatic carbocycles. The summed E-state index contributed by atoms with van der Waals surface area (Å²) in [6.07, 6.45) is 6.29. The highest BCUT2D eigenvalue weighted by atomic mass is 35.5. The monoisotopic (exact) mass is 380 g/mol. The number of aromatic nitrogens is 4. The standard InChI is InChI=1S/C20H21ClN6/c21-15-5-2-1-4-14(15)17-6-3-9-27(17)20-11-18(22-12-23-20)24-19-10-16(25-26-19)13-7-8-13/h1-2,4-5,10-13,17H,3,6-9H2,(H2,22,23,24,25,26). The molecule has 3 aromatic rings. The smallest absolute Gasteiger partial charge is 0.153 e. The predicted molar refractivity (Wildman–Crippen MR) is 107 cm³/mol. The van der Waals surface area contributed by atoms with Gasteiger partial charge in [0.25, 0.3) is 0 Å². The number of nitrogens with one attached hydrogen (secondary N) is 2. The molecule has 2 fully saturated rings. The minimum Gasteiger partial charge on any atom is -0.349 e. The van der Waals surface area contributed by atoms with Gasteiger partial charge < -0.3 is 10.2 Å². The molecule has 0 amide bonds. The van der Waals surface area contributed by atoms with Gasteiger partial charge >= 0.3 is 0 Å². The topological polar surface area (TPSA) is 69.7 Å². The van der Waals surface area contributed by atoms with Crippen molar-refractivity contribution in [2.24, 2.45) is 0 Å². The zero-order chi connectivity index (χ0) is 18.2. The average Bonchev–Trinajstić information content (AvgIpc) is 3.23. The lowest BCUT2D eigenvalue weighted by atomic mass is 10.0. The molecule has 1 saturated carbocycles. The van der Waals surface area contributed by atoms with Crippen molar-refractivity contribution in [1.29, 1.82) is 0 Å². The molecule has 1 saturated heterocycles. The lowest BCUT2D eigenvalue weighted by Crippen LogP contribution is -2.24. The van der Waals surface area contributed by atoms with Crippen LogP contribution in [-0.2, 0) is 0 Å². The minimum atomic E-state index is 0.244. The first-order valence-electron chi connectivity index (χ1n) is 9.43. The molecule has 1 aromatic carbocycles. The van der Waals surface area contributed by atoms with E-state index in [0.717, 1.165) is 47.4 Å².